The van der Waals surface area contributed by atoms with E-state index in [1.54, 1.807) is 25.3 Å². The van der Waals surface area contributed by atoms with Gasteiger partial charge in [0, 0.05) is 37.7 Å². The summed E-state index contributed by atoms with van der Waals surface area (Å²) in [7, 11) is 1.67. The van der Waals surface area contributed by atoms with Crippen molar-refractivity contribution in [3.8, 4) is 0 Å². The topological polar surface area (TPSA) is 67.6 Å². The summed E-state index contributed by atoms with van der Waals surface area (Å²) in [6, 6.07) is 5.39. The zero-order valence-corrected chi connectivity index (χ0v) is 13.6. The van der Waals surface area contributed by atoms with E-state index in [1.165, 1.54) is 0 Å². The van der Waals surface area contributed by atoms with Gasteiger partial charge in [-0.1, -0.05) is 11.6 Å². The van der Waals surface area contributed by atoms with Gasteiger partial charge in [-0.05, 0) is 32.0 Å². The van der Waals surface area contributed by atoms with Crippen molar-refractivity contribution in [2.24, 2.45) is 0 Å². The second kappa shape index (κ2) is 8.87. The van der Waals surface area contributed by atoms with E-state index in [0.29, 0.717) is 42.0 Å². The number of carbonyl (C=O) groups excluding carboxylic acids is 1. The number of ether oxygens (including phenoxy) is 1. The van der Waals surface area contributed by atoms with Crippen LogP contribution in [0, 0.1) is 0 Å². The van der Waals surface area contributed by atoms with Gasteiger partial charge in [0.1, 0.15) is 0 Å². The van der Waals surface area contributed by atoms with E-state index in [9.17, 15) is 4.79 Å². The van der Waals surface area contributed by atoms with Crippen molar-refractivity contribution in [2.45, 2.75) is 26.3 Å². The van der Waals surface area contributed by atoms with E-state index in [4.69, 9.17) is 22.1 Å². The van der Waals surface area contributed by atoms with Crippen molar-refractivity contribution in [3.63, 3.8) is 0 Å². The SMILES string of the molecule is COCCN(CCC(=O)Nc1cc(Cl)ccc1N)C(C)C. The predicted octanol–water partition coefficient (Wildman–Crippen LogP) is 2.61. The first-order valence-electron chi connectivity index (χ1n) is 7.02. The summed E-state index contributed by atoms with van der Waals surface area (Å²) in [5.74, 6) is -0.0768. The molecule has 0 heterocycles. The van der Waals surface area contributed by atoms with Gasteiger partial charge in [-0.25, -0.2) is 0 Å². The Hall–Kier alpha value is -1.30. The van der Waals surface area contributed by atoms with Crippen LogP contribution in [0.4, 0.5) is 11.4 Å². The van der Waals surface area contributed by atoms with Crippen LogP contribution in [-0.2, 0) is 9.53 Å². The number of nitrogens with zero attached hydrogens (tertiary/aromatic N) is 1. The second-order valence-electron chi connectivity index (χ2n) is 5.15. The average molecular weight is 314 g/mol. The Morgan fingerprint density at radius 2 is 2.14 bits per heavy atom. The van der Waals surface area contributed by atoms with E-state index in [-0.39, 0.29) is 5.91 Å². The first kappa shape index (κ1) is 17.8. The molecular weight excluding hydrogens is 290 g/mol. The third-order valence-corrected chi connectivity index (χ3v) is 3.46. The summed E-state index contributed by atoms with van der Waals surface area (Å²) in [6.45, 7) is 6.33. The van der Waals surface area contributed by atoms with Gasteiger partial charge in [-0.15, -0.1) is 0 Å². The lowest BCUT2D eigenvalue weighted by molar-refractivity contribution is -0.116. The van der Waals surface area contributed by atoms with Crippen molar-refractivity contribution >= 4 is 28.9 Å². The van der Waals surface area contributed by atoms with Crippen LogP contribution < -0.4 is 11.1 Å². The van der Waals surface area contributed by atoms with Crippen molar-refractivity contribution in [1.82, 2.24) is 4.90 Å². The molecule has 21 heavy (non-hydrogen) atoms. The molecule has 1 aromatic rings. The Balaban J connectivity index is 2.50. The number of amides is 1. The van der Waals surface area contributed by atoms with Gasteiger partial charge in [0.2, 0.25) is 5.91 Å². The quantitative estimate of drug-likeness (QED) is 0.724. The van der Waals surface area contributed by atoms with Gasteiger partial charge in [-0.2, -0.15) is 0 Å². The molecule has 0 fully saturated rings. The van der Waals surface area contributed by atoms with Crippen molar-refractivity contribution in [2.75, 3.05) is 37.9 Å². The molecule has 3 N–H and O–H groups in total. The predicted molar refractivity (Wildman–Crippen MR) is 87.7 cm³/mol. The van der Waals surface area contributed by atoms with Gasteiger partial charge in [0.25, 0.3) is 0 Å². The summed E-state index contributed by atoms with van der Waals surface area (Å²) < 4.78 is 5.08. The average Bonchev–Trinajstić information content (AvgIpc) is 2.42. The molecule has 0 atom stereocenters. The first-order valence-corrected chi connectivity index (χ1v) is 7.39. The van der Waals surface area contributed by atoms with Crippen molar-refractivity contribution in [1.29, 1.82) is 0 Å². The highest BCUT2D eigenvalue weighted by Crippen LogP contribution is 2.22. The number of methoxy groups -OCH3 is 1. The number of halogens is 1. The highest BCUT2D eigenvalue weighted by atomic mass is 35.5. The van der Waals surface area contributed by atoms with Gasteiger partial charge in [-0.3, -0.25) is 9.69 Å². The molecule has 0 aromatic heterocycles. The maximum atomic E-state index is 12.0. The van der Waals surface area contributed by atoms with Crippen LogP contribution >= 0.6 is 11.6 Å². The minimum Gasteiger partial charge on any atom is -0.397 e. The van der Waals surface area contributed by atoms with Crippen LogP contribution in [0.15, 0.2) is 18.2 Å². The van der Waals surface area contributed by atoms with Gasteiger partial charge >= 0.3 is 0 Å². The summed E-state index contributed by atoms with van der Waals surface area (Å²) in [5, 5.41) is 3.34. The van der Waals surface area contributed by atoms with Gasteiger partial charge in [0.15, 0.2) is 0 Å². The lowest BCUT2D eigenvalue weighted by Gasteiger charge is -2.25. The Labute approximate surface area is 131 Å². The van der Waals surface area contributed by atoms with Crippen molar-refractivity contribution < 1.29 is 9.53 Å². The number of hydrogen-bond donors (Lipinski definition) is 2. The molecule has 1 rings (SSSR count). The number of nitrogen functional groups attached to an aromatic ring is 1. The van der Waals surface area contributed by atoms with Gasteiger partial charge < -0.3 is 15.8 Å². The number of nitrogens with two attached hydrogens (primary N) is 1. The number of rotatable bonds is 8. The fourth-order valence-corrected chi connectivity index (χ4v) is 2.10. The molecule has 0 bridgehead atoms. The Morgan fingerprint density at radius 1 is 1.43 bits per heavy atom. The number of carbonyl (C=O) groups is 1. The number of benzene rings is 1. The standard InChI is InChI=1S/C15H24ClN3O2/c1-11(2)19(8-9-21-3)7-6-15(20)18-14-10-12(16)4-5-13(14)17/h4-5,10-11H,6-9,17H2,1-3H3,(H,18,20). The second-order valence-corrected chi connectivity index (χ2v) is 5.59. The molecule has 0 aliphatic carbocycles. The van der Waals surface area contributed by atoms with Crippen LogP contribution in [0.2, 0.25) is 5.02 Å². The zero-order chi connectivity index (χ0) is 15.8. The van der Waals surface area contributed by atoms with Crippen molar-refractivity contribution in [3.05, 3.63) is 23.2 Å². The molecule has 0 saturated carbocycles. The summed E-state index contributed by atoms with van der Waals surface area (Å²) in [4.78, 5) is 14.2. The van der Waals surface area contributed by atoms with E-state index < -0.39 is 0 Å². The fourth-order valence-electron chi connectivity index (χ4n) is 1.93. The highest BCUT2D eigenvalue weighted by Gasteiger charge is 2.12. The molecule has 6 heteroatoms. The van der Waals surface area contributed by atoms with Crippen LogP contribution in [0.1, 0.15) is 20.3 Å². The molecular formula is C15H24ClN3O2. The van der Waals surface area contributed by atoms with E-state index in [2.05, 4.69) is 24.1 Å². The first-order chi connectivity index (χ1) is 9.93. The smallest absolute Gasteiger partial charge is 0.225 e. The fraction of sp³-hybridized carbons (Fsp3) is 0.533. The van der Waals surface area contributed by atoms with E-state index in [1.807, 2.05) is 0 Å². The molecule has 1 amide bonds. The van der Waals surface area contributed by atoms with Crippen LogP contribution in [-0.4, -0.2) is 43.7 Å². The molecule has 5 nitrogen and oxygen atoms in total. The van der Waals surface area contributed by atoms with Gasteiger partial charge in [0.05, 0.1) is 18.0 Å². The Kier molecular flexibility index (Phi) is 7.50. The molecule has 0 saturated heterocycles. The number of hydrogen-bond acceptors (Lipinski definition) is 4. The minimum atomic E-state index is -0.0768. The maximum absolute atomic E-state index is 12.0. The molecule has 1 aromatic carbocycles. The third-order valence-electron chi connectivity index (χ3n) is 3.23. The van der Waals surface area contributed by atoms with Crippen LogP contribution in [0.3, 0.4) is 0 Å². The molecule has 0 aliphatic heterocycles. The normalized spacial score (nSPS) is 11.1. The van der Waals surface area contributed by atoms with Crippen LogP contribution in [0.25, 0.3) is 0 Å². The Bertz CT molecular complexity index is 466. The third kappa shape index (κ3) is 6.33. The van der Waals surface area contributed by atoms with E-state index in [0.717, 1.165) is 6.54 Å². The zero-order valence-electron chi connectivity index (χ0n) is 12.9. The lowest BCUT2D eigenvalue weighted by atomic mass is 10.2. The largest absolute Gasteiger partial charge is 0.397 e. The number of nitrogens with one attached hydrogen (secondary N) is 1. The summed E-state index contributed by atoms with van der Waals surface area (Å²) in [5.41, 5.74) is 6.87. The molecule has 0 unspecified atom stereocenters. The minimum absolute atomic E-state index is 0.0768. The highest BCUT2D eigenvalue weighted by molar-refractivity contribution is 6.31. The van der Waals surface area contributed by atoms with E-state index >= 15 is 0 Å². The Morgan fingerprint density at radius 3 is 2.76 bits per heavy atom. The lowest BCUT2D eigenvalue weighted by Crippen LogP contribution is -2.36. The number of anilines is 2. The van der Waals surface area contributed by atoms with Crippen LogP contribution in [0.5, 0.6) is 0 Å². The molecule has 0 radical (unpaired) electrons. The summed E-state index contributed by atoms with van der Waals surface area (Å²) in [6.07, 6.45) is 0.397. The molecule has 0 aliphatic rings. The molecule has 0 spiro atoms. The molecule has 118 valence electrons. The summed E-state index contributed by atoms with van der Waals surface area (Å²) >= 11 is 5.90. The monoisotopic (exact) mass is 313 g/mol. The maximum Gasteiger partial charge on any atom is 0.225 e.